The van der Waals surface area contributed by atoms with Crippen LogP contribution < -0.4 is 5.11 Å². The van der Waals surface area contributed by atoms with Gasteiger partial charge >= 0.3 is 0 Å². The van der Waals surface area contributed by atoms with Gasteiger partial charge < -0.3 is 9.90 Å². The van der Waals surface area contributed by atoms with Crippen molar-refractivity contribution >= 4 is 16.9 Å². The van der Waals surface area contributed by atoms with Crippen LogP contribution in [0.1, 0.15) is 299 Å². The lowest BCUT2D eigenvalue weighted by Crippen LogP contribution is -2.20. The largest absolute Gasteiger partial charge is 0.550 e. The molecular formula is C66H110O2S. The first-order chi connectivity index (χ1) is 33.7. The predicted octanol–water partition coefficient (Wildman–Crippen LogP) is 19.5. The van der Waals surface area contributed by atoms with Crippen molar-refractivity contribution in [2.45, 2.75) is 321 Å². The standard InChI is InChI=1S/C63H105S.C3H6O2/c1-10-19-28-37-52-46-55(40-31-22-13-4)61(56(47-52)41-32-23-14-5)64(62-57(42-33-24-15-6)48-53(38-29-20-11-2)49-58(62)43-34-25-16-7)63-59(44-35-26-17-8)50-54(39-30-21-12-3)51-60(63)45-36-27-18-9;1-2-3(4)5/h46-51H,10-45H2,1-9H3;2H2,1H3,(H,4,5)/q+1;/p-1. The van der Waals surface area contributed by atoms with E-state index in [1.807, 2.05) is 0 Å². The van der Waals surface area contributed by atoms with Crippen LogP contribution in [0, 0.1) is 0 Å². The SMILES string of the molecule is CCC(=O)[O-].CCCCCc1cc(CCCCC)c([S+](c2c(CCCCC)cc(CCCCC)cc2CCCCC)c2c(CCCCC)cc(CCCCC)cc2CCCCC)c(CCCCC)c1. The van der Waals surface area contributed by atoms with E-state index in [-0.39, 0.29) is 17.3 Å². The quantitative estimate of drug-likeness (QED) is 0.0421. The van der Waals surface area contributed by atoms with Crippen LogP contribution in [0.4, 0.5) is 0 Å². The maximum absolute atomic E-state index is 9.26. The molecule has 0 aliphatic heterocycles. The van der Waals surface area contributed by atoms with Crippen molar-refractivity contribution < 1.29 is 9.90 Å². The minimum absolute atomic E-state index is 0.111. The lowest BCUT2D eigenvalue weighted by Gasteiger charge is -2.25. The topological polar surface area (TPSA) is 40.1 Å². The van der Waals surface area contributed by atoms with E-state index in [0.717, 1.165) is 0 Å². The first kappa shape index (κ1) is 62.6. The summed E-state index contributed by atoms with van der Waals surface area (Å²) in [6, 6.07) is 16.8. The maximum atomic E-state index is 9.26. The van der Waals surface area contributed by atoms with E-state index >= 15 is 0 Å². The molecule has 0 unspecified atom stereocenters. The molecule has 3 rings (SSSR count). The minimum atomic E-state index is -0.995. The highest BCUT2D eigenvalue weighted by Gasteiger charge is 2.41. The maximum Gasteiger partial charge on any atom is 0.172 e. The first-order valence-electron chi connectivity index (χ1n) is 30.1. The molecule has 0 amide bonds. The van der Waals surface area contributed by atoms with E-state index in [1.165, 1.54) is 238 Å². The second-order valence-electron chi connectivity index (χ2n) is 20.9. The molecule has 392 valence electrons. The molecule has 3 aromatic rings. The average molecular weight is 968 g/mol. The number of aliphatic carboxylic acids is 1. The molecule has 69 heavy (non-hydrogen) atoms. The highest BCUT2D eigenvalue weighted by Crippen LogP contribution is 2.46. The van der Waals surface area contributed by atoms with Gasteiger partial charge in [0.25, 0.3) is 0 Å². The van der Waals surface area contributed by atoms with Crippen LogP contribution in [0.25, 0.3) is 0 Å². The van der Waals surface area contributed by atoms with Gasteiger partial charge in [-0.3, -0.25) is 0 Å². The fraction of sp³-hybridized carbons (Fsp3) is 0.712. The number of rotatable bonds is 40. The molecule has 3 heteroatoms. The lowest BCUT2D eigenvalue weighted by molar-refractivity contribution is -0.305. The zero-order valence-electron chi connectivity index (χ0n) is 47.4. The van der Waals surface area contributed by atoms with Crippen molar-refractivity contribution in [1.29, 1.82) is 0 Å². The van der Waals surface area contributed by atoms with Crippen molar-refractivity contribution in [2.24, 2.45) is 0 Å². The Labute approximate surface area is 432 Å². The van der Waals surface area contributed by atoms with Gasteiger partial charge in [0.05, 0.1) is 0 Å². The zero-order valence-corrected chi connectivity index (χ0v) is 48.2. The smallest absolute Gasteiger partial charge is 0.172 e. The van der Waals surface area contributed by atoms with E-state index in [0.29, 0.717) is 0 Å². The van der Waals surface area contributed by atoms with Crippen LogP contribution in [0.2, 0.25) is 0 Å². The first-order valence-corrected chi connectivity index (χ1v) is 31.3. The van der Waals surface area contributed by atoms with Crippen molar-refractivity contribution in [2.75, 3.05) is 0 Å². The Morgan fingerprint density at radius 2 is 0.464 bits per heavy atom. The molecule has 0 aliphatic carbocycles. The number of carboxylic acids is 1. The molecule has 2 nitrogen and oxygen atoms in total. The third-order valence-electron chi connectivity index (χ3n) is 14.3. The molecule has 0 heterocycles. The Hall–Kier alpha value is -2.52. The third-order valence-corrected chi connectivity index (χ3v) is 17.1. The van der Waals surface area contributed by atoms with Gasteiger partial charge in [-0.1, -0.05) is 221 Å². The summed E-state index contributed by atoms with van der Waals surface area (Å²) in [7, 11) is -0.163. The number of aryl methyl sites for hydroxylation is 9. The molecule has 0 atom stereocenters. The summed E-state index contributed by atoms with van der Waals surface area (Å²) in [5.74, 6) is -0.995. The van der Waals surface area contributed by atoms with Gasteiger partial charge in [0.1, 0.15) is 10.9 Å². The van der Waals surface area contributed by atoms with E-state index in [9.17, 15) is 9.90 Å². The van der Waals surface area contributed by atoms with Gasteiger partial charge in [0, 0.05) is 39.4 Å². The fourth-order valence-electron chi connectivity index (χ4n) is 10.2. The van der Waals surface area contributed by atoms with Crippen molar-refractivity contribution in [1.82, 2.24) is 0 Å². The number of hydrogen-bond donors (Lipinski definition) is 0. The van der Waals surface area contributed by atoms with Crippen LogP contribution in [-0.2, 0) is 73.5 Å². The van der Waals surface area contributed by atoms with Gasteiger partial charge in [-0.05, 0) is 139 Å². The van der Waals surface area contributed by atoms with Crippen LogP contribution in [0.3, 0.4) is 0 Å². The summed E-state index contributed by atoms with van der Waals surface area (Å²) < 4.78 is 0. The number of benzene rings is 3. The van der Waals surface area contributed by atoms with E-state index in [1.54, 1.807) is 64.8 Å². The second kappa shape index (κ2) is 40.0. The number of unbranched alkanes of at least 4 members (excludes halogenated alkanes) is 18. The Morgan fingerprint density at radius 1 is 0.304 bits per heavy atom. The number of carboxylic acid groups (broad SMARTS) is 1. The predicted molar refractivity (Wildman–Crippen MR) is 306 cm³/mol. The lowest BCUT2D eigenvalue weighted by atomic mass is 9.94. The highest BCUT2D eigenvalue weighted by atomic mass is 32.2. The monoisotopic (exact) mass is 967 g/mol. The van der Waals surface area contributed by atoms with E-state index < -0.39 is 5.97 Å². The highest BCUT2D eigenvalue weighted by molar-refractivity contribution is 7.97. The van der Waals surface area contributed by atoms with E-state index in [2.05, 4.69) is 98.7 Å². The Balaban J connectivity index is 0.00000309. The summed E-state index contributed by atoms with van der Waals surface area (Å²) in [6.07, 6.45) is 46.5. The van der Waals surface area contributed by atoms with Gasteiger partial charge in [-0.15, -0.1) is 0 Å². The van der Waals surface area contributed by atoms with E-state index in [4.69, 9.17) is 0 Å². The zero-order chi connectivity index (χ0) is 50.5. The third kappa shape index (κ3) is 24.2. The van der Waals surface area contributed by atoms with Crippen LogP contribution in [0.15, 0.2) is 51.1 Å². The molecule has 0 N–H and O–H groups in total. The Bertz CT molecular complexity index is 1480. The molecule has 0 fully saturated rings. The number of hydrogen-bond acceptors (Lipinski definition) is 2. The van der Waals surface area contributed by atoms with Crippen LogP contribution in [-0.4, -0.2) is 5.97 Å². The minimum Gasteiger partial charge on any atom is -0.550 e. The molecule has 0 saturated carbocycles. The van der Waals surface area contributed by atoms with Gasteiger partial charge in [-0.2, -0.15) is 0 Å². The summed E-state index contributed by atoms with van der Waals surface area (Å²) in [5.41, 5.74) is 15.3. The van der Waals surface area contributed by atoms with Gasteiger partial charge in [0.2, 0.25) is 0 Å². The Morgan fingerprint density at radius 3 is 0.609 bits per heavy atom. The summed E-state index contributed by atoms with van der Waals surface area (Å²) in [4.78, 5) is 14.6. The molecule has 0 aromatic heterocycles. The summed E-state index contributed by atoms with van der Waals surface area (Å²) >= 11 is 0. The molecule has 0 spiro atoms. The number of carbonyl (C=O) groups excluding carboxylic acids is 1. The molecular weight excluding hydrogens is 857 g/mol. The molecule has 0 aliphatic rings. The van der Waals surface area contributed by atoms with Gasteiger partial charge in [-0.25, -0.2) is 0 Å². The normalized spacial score (nSPS) is 11.4. The molecule has 0 radical (unpaired) electrons. The van der Waals surface area contributed by atoms with Crippen molar-refractivity contribution in [3.05, 3.63) is 86.5 Å². The average Bonchev–Trinajstić information content (AvgIpc) is 3.34. The molecule has 3 aromatic carbocycles. The number of carbonyl (C=O) groups is 1. The van der Waals surface area contributed by atoms with Crippen molar-refractivity contribution in [3.8, 4) is 0 Å². The van der Waals surface area contributed by atoms with Crippen LogP contribution >= 0.6 is 0 Å². The Kier molecular flexibility index (Phi) is 36.3. The molecule has 0 saturated heterocycles. The summed E-state index contributed by atoms with van der Waals surface area (Å²) in [6.45, 7) is 23.1. The van der Waals surface area contributed by atoms with Crippen molar-refractivity contribution in [3.63, 3.8) is 0 Å². The summed E-state index contributed by atoms with van der Waals surface area (Å²) in [5, 5.41) is 9.26. The second-order valence-corrected chi connectivity index (χ2v) is 22.7. The molecule has 0 bridgehead atoms. The fourth-order valence-corrected chi connectivity index (χ4v) is 13.4. The van der Waals surface area contributed by atoms with Gasteiger partial charge in [0.15, 0.2) is 14.7 Å². The van der Waals surface area contributed by atoms with Crippen LogP contribution in [0.5, 0.6) is 0 Å².